The number of azo groups is 2. The van der Waals surface area contributed by atoms with E-state index in [4.69, 9.17) is 22.8 Å². The average Bonchev–Trinajstić information content (AvgIpc) is 3.91. The summed E-state index contributed by atoms with van der Waals surface area (Å²) in [6.07, 6.45) is 3.17. The summed E-state index contributed by atoms with van der Waals surface area (Å²) in [5.74, 6) is -4.83. The van der Waals surface area contributed by atoms with Gasteiger partial charge in [-0.05, 0) is 51.9 Å². The first-order valence-electron chi connectivity index (χ1n) is 23.1. The van der Waals surface area contributed by atoms with E-state index in [1.54, 1.807) is 6.92 Å². The fourth-order valence-electron chi connectivity index (χ4n) is 6.33. The van der Waals surface area contributed by atoms with Gasteiger partial charge in [0, 0.05) is 45.8 Å². The second-order valence-corrected chi connectivity index (χ2v) is 26.7. The van der Waals surface area contributed by atoms with Gasteiger partial charge in [-0.2, -0.15) is 52.4 Å². The highest BCUT2D eigenvalue weighted by molar-refractivity contribution is 8.01. The largest absolute Gasteiger partial charge is 0.480 e. The van der Waals surface area contributed by atoms with Crippen molar-refractivity contribution in [2.75, 3.05) is 81.1 Å². The number of unbranched alkanes of at least 4 members (excludes halogenated alkanes) is 2. The number of aliphatic carboxylic acids is 1. The monoisotopic (exact) mass is 1280 g/mol. The number of anilines is 4. The van der Waals surface area contributed by atoms with Crippen LogP contribution < -0.4 is 20.4 Å². The molecule has 0 aromatic carbocycles. The van der Waals surface area contributed by atoms with E-state index in [0.29, 0.717) is 15.8 Å². The molecule has 8 N–H and O–H groups in total. The fraction of sp³-hybridized carbons (Fsp3) is 0.553. The molecule has 0 aliphatic rings. The molecule has 36 nitrogen and oxygen atoms in total. The summed E-state index contributed by atoms with van der Waals surface area (Å²) in [7, 11) is -20.9. The number of nitriles is 1. The molecule has 0 aliphatic heterocycles. The molecule has 43 heteroatoms. The molecule has 0 bridgehead atoms. The van der Waals surface area contributed by atoms with E-state index in [9.17, 15) is 66.8 Å². The molecule has 0 atom stereocenters. The van der Waals surface area contributed by atoms with Crippen molar-refractivity contribution in [2.24, 2.45) is 20.5 Å². The first-order chi connectivity index (χ1) is 37.6. The van der Waals surface area contributed by atoms with Crippen LogP contribution in [-0.4, -0.2) is 188 Å². The van der Waals surface area contributed by atoms with Crippen molar-refractivity contribution in [3.8, 4) is 6.07 Å². The predicted molar refractivity (Wildman–Crippen MR) is 290 cm³/mol. The third kappa shape index (κ3) is 28.7. The van der Waals surface area contributed by atoms with Gasteiger partial charge >= 0.3 is 5.97 Å². The van der Waals surface area contributed by atoms with Gasteiger partial charge in [0.2, 0.25) is 23.5 Å². The Bertz CT molecular complexity index is 3480. The molecule has 0 saturated carbocycles. The number of aryl methyl sites for hydroxylation is 2. The van der Waals surface area contributed by atoms with E-state index in [1.807, 2.05) is 6.07 Å². The maximum atomic E-state index is 11.8. The van der Waals surface area contributed by atoms with Crippen molar-refractivity contribution in [1.29, 1.82) is 5.26 Å². The molecule has 2 amide bonds. The number of carbonyl (C=O) groups excluding carboxylic acids is 2. The van der Waals surface area contributed by atoms with Crippen LogP contribution in [0.1, 0.15) is 70.1 Å². The number of thioether (sulfide) groups is 1. The fourth-order valence-corrected chi connectivity index (χ4v) is 10.8. The second kappa shape index (κ2) is 31.7. The third-order valence-electron chi connectivity index (χ3n) is 9.66. The van der Waals surface area contributed by atoms with Crippen molar-refractivity contribution >= 4 is 137 Å². The summed E-state index contributed by atoms with van der Waals surface area (Å²) in [5, 5.41) is 51.7. The Balaban J connectivity index is 0.000000425. The van der Waals surface area contributed by atoms with Crippen LogP contribution in [0, 0.1) is 18.3 Å². The highest BCUT2D eigenvalue weighted by Crippen LogP contribution is 2.32. The van der Waals surface area contributed by atoms with Crippen molar-refractivity contribution in [3.63, 3.8) is 0 Å². The number of hydrogen-bond acceptors (Lipinski definition) is 29. The molecular weight excluding hydrogens is 1220 g/mol. The lowest BCUT2D eigenvalue weighted by atomic mass is 10.3. The van der Waals surface area contributed by atoms with Crippen molar-refractivity contribution in [2.45, 2.75) is 76.6 Å². The SMILES string of the molecule is CC(=O)Nc1nc(N(CCCCS(=O)(=O)O)CC(=O)O)cnc1N=Nc1c(C#N)c(C)nn1CCCCS(=O)(=O)O.CC(=O)Nc1nc(N(CCCS(=O)(=O)O)CCCS(=O)(=O)O)cnc1N=Nc1nnc(SCCCS(=O)(=O)O)s1. The minimum Gasteiger partial charge on any atom is -0.480 e. The molecule has 0 saturated heterocycles. The second-order valence-electron chi connectivity index (χ2n) is 16.6. The molecule has 0 fully saturated rings. The zero-order valence-electron chi connectivity index (χ0n) is 42.9. The van der Waals surface area contributed by atoms with Crippen LogP contribution >= 0.6 is 23.1 Å². The minimum atomic E-state index is -4.25. The Morgan fingerprint density at radius 3 is 1.59 bits per heavy atom. The van der Waals surface area contributed by atoms with Crippen LogP contribution in [0.3, 0.4) is 0 Å². The summed E-state index contributed by atoms with van der Waals surface area (Å²) in [6, 6.07) is 1.96. The molecule has 448 valence electrons. The molecule has 4 aromatic rings. The highest BCUT2D eigenvalue weighted by Gasteiger charge is 2.21. The standard InChI is InChI=1S/C21H29N9O9S2.C17H26N8O10S5/c1-14-16(11-22)21(30(28-14)8-4-6-10-41(37,38)39)27-26-19-20(24-15(2)31)25-17(12-23-19)29(13-18(32)33)7-3-5-9-40(34,35)36;1-12(26)19-15-14(21-22-16-23-24-17(37-16)36-7-4-10-40(33,34)35)18-11-13(20-15)25(5-2-8-38(27,28)29)6-3-9-39(30,31)32/h12H,3-10,13H2,1-2H3,(H,32,33)(H,24,25,31)(H,34,35,36)(H,37,38,39);11H,2-10H2,1H3,(H,19,20,26)(H,27,28,29)(H,30,31,32)(H,33,34,35). The number of carboxylic acid groups (broad SMARTS) is 1. The number of aromatic nitrogens is 8. The first-order valence-corrected chi connectivity index (χ1v) is 33.0. The number of amides is 2. The third-order valence-corrected chi connectivity index (χ3v) is 15.7. The van der Waals surface area contributed by atoms with E-state index in [0.717, 1.165) is 11.3 Å². The predicted octanol–water partition coefficient (Wildman–Crippen LogP) is 2.89. The quantitative estimate of drug-likeness (QED) is 0.0147. The van der Waals surface area contributed by atoms with Gasteiger partial charge in [-0.3, -0.25) is 37.1 Å². The summed E-state index contributed by atoms with van der Waals surface area (Å²) < 4.78 is 156. The Labute approximate surface area is 472 Å². The van der Waals surface area contributed by atoms with Gasteiger partial charge in [0.1, 0.15) is 29.8 Å². The molecular formula is C38H55N17O19S7. The Morgan fingerprint density at radius 2 is 1.11 bits per heavy atom. The minimum absolute atomic E-state index is 0.00971. The molecule has 4 aromatic heterocycles. The van der Waals surface area contributed by atoms with Gasteiger partial charge in [0.15, 0.2) is 21.8 Å². The molecule has 0 radical (unpaired) electrons. The van der Waals surface area contributed by atoms with Crippen molar-refractivity contribution in [3.05, 3.63) is 23.7 Å². The highest BCUT2D eigenvalue weighted by atomic mass is 32.2. The molecule has 4 rings (SSSR count). The molecule has 0 spiro atoms. The van der Waals surface area contributed by atoms with Crippen LogP contribution in [-0.2, 0) is 71.5 Å². The topological polar surface area (TPSA) is 542 Å². The van der Waals surface area contributed by atoms with Crippen molar-refractivity contribution in [1.82, 2.24) is 39.9 Å². The maximum Gasteiger partial charge on any atom is 0.323 e. The lowest BCUT2D eigenvalue weighted by molar-refractivity contribution is -0.135. The summed E-state index contributed by atoms with van der Waals surface area (Å²) in [6.45, 7) is 3.65. The summed E-state index contributed by atoms with van der Waals surface area (Å²) in [4.78, 5) is 54.5. The number of carboxylic acids is 1. The van der Waals surface area contributed by atoms with E-state index in [1.165, 1.54) is 52.5 Å². The van der Waals surface area contributed by atoms with E-state index < -0.39 is 97.9 Å². The molecule has 0 aliphatic carbocycles. The smallest absolute Gasteiger partial charge is 0.323 e. The van der Waals surface area contributed by atoms with Crippen molar-refractivity contribution < 1.29 is 84.3 Å². The van der Waals surface area contributed by atoms with Gasteiger partial charge in [-0.25, -0.2) is 24.6 Å². The van der Waals surface area contributed by atoms with Gasteiger partial charge in [0.05, 0.1) is 46.9 Å². The number of rotatable bonds is 33. The van der Waals surface area contributed by atoms with Gasteiger partial charge in [-0.1, -0.05) is 23.1 Å². The summed E-state index contributed by atoms with van der Waals surface area (Å²) >= 11 is 2.25. The van der Waals surface area contributed by atoms with Gasteiger partial charge in [-0.15, -0.1) is 30.7 Å². The van der Waals surface area contributed by atoms with Crippen LogP contribution in [0.4, 0.5) is 45.9 Å². The van der Waals surface area contributed by atoms with Gasteiger partial charge < -0.3 is 25.5 Å². The van der Waals surface area contributed by atoms with Gasteiger partial charge in [0.25, 0.3) is 55.7 Å². The van der Waals surface area contributed by atoms with E-state index >= 15 is 0 Å². The Hall–Kier alpha value is -6.47. The number of nitrogens with one attached hydrogen (secondary N) is 2. The zero-order valence-corrected chi connectivity index (χ0v) is 48.7. The number of nitrogens with zero attached hydrogens (tertiary/aromatic N) is 15. The van der Waals surface area contributed by atoms with Crippen LogP contribution in [0.5, 0.6) is 0 Å². The summed E-state index contributed by atoms with van der Waals surface area (Å²) in [5.41, 5.74) is 0.421. The molecule has 4 heterocycles. The molecule has 81 heavy (non-hydrogen) atoms. The average molecular weight is 1280 g/mol. The zero-order chi connectivity index (χ0) is 60.8. The lowest BCUT2D eigenvalue weighted by Gasteiger charge is -2.23. The molecule has 0 unspecified atom stereocenters. The first kappa shape index (κ1) is 68.8. The number of carbonyl (C=O) groups is 3. The van der Waals surface area contributed by atoms with E-state index in [2.05, 4.69) is 66.3 Å². The Kier molecular flexibility index (Phi) is 26.9. The number of hydrogen-bond donors (Lipinski definition) is 8. The van der Waals surface area contributed by atoms with E-state index in [-0.39, 0.29) is 128 Å². The normalized spacial score (nSPS) is 12.2. The van der Waals surface area contributed by atoms with Crippen LogP contribution in [0.15, 0.2) is 37.2 Å². The Morgan fingerprint density at radius 1 is 0.654 bits per heavy atom. The van der Waals surface area contributed by atoms with Crippen LogP contribution in [0.25, 0.3) is 0 Å². The van der Waals surface area contributed by atoms with Crippen LogP contribution in [0.2, 0.25) is 0 Å². The lowest BCUT2D eigenvalue weighted by Crippen LogP contribution is -2.32. The maximum absolute atomic E-state index is 11.8.